The molecule has 102 heavy (non-hydrogen) atoms. The number of anilines is 4. The maximum atomic E-state index is 6.59. The molecule has 20 rings (SSSR count). The predicted molar refractivity (Wildman–Crippen MR) is 422 cm³/mol. The molecule has 8 heteroatoms. The van der Waals surface area contributed by atoms with Crippen LogP contribution < -0.4 is 9.80 Å². The molecule has 6 aromatic heterocycles. The van der Waals surface area contributed by atoms with Gasteiger partial charge in [0.15, 0.2) is 0 Å². The highest BCUT2D eigenvalue weighted by molar-refractivity contribution is 6.16. The van der Waals surface area contributed by atoms with Gasteiger partial charge in [-0.25, -0.2) is 0 Å². The summed E-state index contributed by atoms with van der Waals surface area (Å²) in [4.78, 5) is 5.11. The van der Waals surface area contributed by atoms with Gasteiger partial charge in [-0.1, -0.05) is 140 Å². The van der Waals surface area contributed by atoms with Crippen LogP contribution in [-0.2, 0) is 12.8 Å². The number of fused-ring (bicyclic) bond motifs is 11. The van der Waals surface area contributed by atoms with Gasteiger partial charge >= 0.3 is 0 Å². The average molecular weight is 1320 g/mol. The molecule has 4 aliphatic rings. The zero-order chi connectivity index (χ0) is 67.8. The van der Waals surface area contributed by atoms with E-state index in [9.17, 15) is 0 Å². The monoisotopic (exact) mass is 1320 g/mol. The molecule has 0 saturated heterocycles. The Morgan fingerprint density at radius 1 is 0.461 bits per heavy atom. The average Bonchev–Trinajstić information content (AvgIpc) is 1.56. The van der Waals surface area contributed by atoms with Crippen molar-refractivity contribution in [1.82, 2.24) is 9.13 Å². The van der Waals surface area contributed by atoms with Gasteiger partial charge in [0.25, 0.3) is 0 Å². The smallest absolute Gasteiger partial charge is 0.135 e. The number of rotatable bonds is 12. The summed E-state index contributed by atoms with van der Waals surface area (Å²) < 4.78 is 31.1. The fourth-order valence-corrected chi connectivity index (χ4v) is 17.0. The van der Waals surface area contributed by atoms with E-state index in [1.165, 1.54) is 66.0 Å². The van der Waals surface area contributed by atoms with Crippen LogP contribution in [-0.4, -0.2) is 21.2 Å². The van der Waals surface area contributed by atoms with Crippen molar-refractivity contribution in [3.63, 3.8) is 0 Å². The second-order valence-corrected chi connectivity index (χ2v) is 28.4. The van der Waals surface area contributed by atoms with Crippen molar-refractivity contribution in [2.75, 3.05) is 9.80 Å². The number of aromatic nitrogens is 2. The van der Waals surface area contributed by atoms with Crippen LogP contribution in [0.3, 0.4) is 0 Å². The van der Waals surface area contributed by atoms with Crippen LogP contribution in [0.4, 0.5) is 22.7 Å². The first-order chi connectivity index (χ1) is 50.1. The highest BCUT2D eigenvalue weighted by atomic mass is 16.3. The van der Waals surface area contributed by atoms with Gasteiger partial charge < -0.3 is 36.6 Å². The number of hydrogen-bond donors (Lipinski definition) is 0. The largest absolute Gasteiger partial charge is 0.456 e. The molecule has 0 amide bonds. The Kier molecular flexibility index (Phi) is 13.9. The topological polar surface area (TPSA) is 68.9 Å². The molecule has 0 fully saturated rings. The lowest BCUT2D eigenvalue weighted by molar-refractivity contribution is 0.534. The number of nitrogens with zero attached hydrogens (tertiary/aromatic N) is 4. The van der Waals surface area contributed by atoms with Gasteiger partial charge in [-0.05, 0) is 237 Å². The third-order valence-electron chi connectivity index (χ3n) is 22.0. The Bertz CT molecular complexity index is 6180. The zero-order valence-corrected chi connectivity index (χ0v) is 57.3. The van der Waals surface area contributed by atoms with Crippen LogP contribution in [0.1, 0.15) is 72.2 Å². The summed E-state index contributed by atoms with van der Waals surface area (Å²) >= 11 is 0. The minimum Gasteiger partial charge on any atom is -0.456 e. The van der Waals surface area contributed by atoms with Gasteiger partial charge in [-0.2, -0.15) is 0 Å². The normalized spacial score (nSPS) is 17.2. The summed E-state index contributed by atoms with van der Waals surface area (Å²) in [6, 6.07) is 84.1. The van der Waals surface area contributed by atoms with E-state index in [4.69, 9.17) is 17.7 Å². The van der Waals surface area contributed by atoms with Crippen LogP contribution in [0, 0.1) is 19.8 Å². The highest BCUT2D eigenvalue weighted by Gasteiger charge is 2.34. The van der Waals surface area contributed by atoms with E-state index in [1.54, 1.807) is 0 Å². The van der Waals surface area contributed by atoms with Crippen LogP contribution in [0.15, 0.2) is 302 Å². The lowest BCUT2D eigenvalue weighted by Gasteiger charge is -2.37. The second-order valence-electron chi connectivity index (χ2n) is 28.4. The molecule has 0 N–H and O–H groups in total. The van der Waals surface area contributed by atoms with Crippen LogP contribution in [0.25, 0.3) is 134 Å². The zero-order valence-electron chi connectivity index (χ0n) is 57.3. The van der Waals surface area contributed by atoms with Gasteiger partial charge in [0.2, 0.25) is 0 Å². The molecule has 0 saturated carbocycles. The first-order valence-electron chi connectivity index (χ1n) is 35.9. The molecule has 6 heterocycles. The van der Waals surface area contributed by atoms with E-state index in [1.807, 2.05) is 36.4 Å². The summed E-state index contributed by atoms with van der Waals surface area (Å²) in [5.41, 5.74) is 23.5. The summed E-state index contributed by atoms with van der Waals surface area (Å²) in [5.74, 6) is 4.63. The maximum absolute atomic E-state index is 6.59. The molecule has 0 spiro atoms. The van der Waals surface area contributed by atoms with Crippen molar-refractivity contribution < 1.29 is 17.7 Å². The first kappa shape index (κ1) is 59.8. The maximum Gasteiger partial charge on any atom is 0.135 e. The Labute approximate surface area is 591 Å². The minimum absolute atomic E-state index is 0.0220. The number of aryl methyl sites for hydroxylation is 3. The predicted octanol–water partition coefficient (Wildman–Crippen LogP) is 25.3. The van der Waals surface area contributed by atoms with E-state index < -0.39 is 0 Å². The van der Waals surface area contributed by atoms with Gasteiger partial charge in [0, 0.05) is 101 Å². The lowest BCUT2D eigenvalue weighted by atomic mass is 9.85. The molecular weight excluding hydrogens is 1250 g/mol. The van der Waals surface area contributed by atoms with Crippen LogP contribution >= 0.6 is 0 Å². The van der Waals surface area contributed by atoms with Gasteiger partial charge in [-0.3, -0.25) is 0 Å². The lowest BCUT2D eigenvalue weighted by Crippen LogP contribution is -2.36. The van der Waals surface area contributed by atoms with Crippen molar-refractivity contribution in [2.24, 2.45) is 5.92 Å². The van der Waals surface area contributed by atoms with Crippen LogP contribution in [0.2, 0.25) is 0 Å². The molecule has 492 valence electrons. The third kappa shape index (κ3) is 9.94. The molecule has 0 aliphatic heterocycles. The summed E-state index contributed by atoms with van der Waals surface area (Å²) in [6.45, 7) is 9.06. The Balaban J connectivity index is 0.718. The Morgan fingerprint density at radius 3 is 1.76 bits per heavy atom. The Hall–Kier alpha value is -12.3. The van der Waals surface area contributed by atoms with E-state index in [0.29, 0.717) is 0 Å². The summed E-state index contributed by atoms with van der Waals surface area (Å²) in [7, 11) is 0. The van der Waals surface area contributed by atoms with Gasteiger partial charge in [0.05, 0.1) is 34.7 Å². The molecule has 8 nitrogen and oxygen atoms in total. The molecule has 4 atom stereocenters. The van der Waals surface area contributed by atoms with Crippen molar-refractivity contribution in [1.29, 1.82) is 0 Å². The molecule has 4 unspecified atom stereocenters. The molecule has 10 aromatic carbocycles. The number of para-hydroxylation sites is 4. The number of benzene rings is 10. The summed E-state index contributed by atoms with van der Waals surface area (Å²) in [5, 5.41) is 9.36. The minimum atomic E-state index is -0.0343. The fraction of sp³-hybridized carbons (Fsp3) is 0.128. The molecule has 0 radical (unpaired) electrons. The van der Waals surface area contributed by atoms with Crippen LogP contribution in [0.5, 0.6) is 0 Å². The van der Waals surface area contributed by atoms with E-state index in [2.05, 4.69) is 302 Å². The van der Waals surface area contributed by atoms with E-state index >= 15 is 0 Å². The molecular formula is C94H72N4O4. The number of hydrogen-bond acceptors (Lipinski definition) is 6. The molecule has 4 aliphatic carbocycles. The van der Waals surface area contributed by atoms with Crippen molar-refractivity contribution in [3.05, 3.63) is 324 Å². The van der Waals surface area contributed by atoms with Crippen molar-refractivity contribution in [2.45, 2.75) is 71.5 Å². The quantitative estimate of drug-likeness (QED) is 0.121. The first-order valence-corrected chi connectivity index (χ1v) is 35.9. The third-order valence-corrected chi connectivity index (χ3v) is 22.0. The second kappa shape index (κ2) is 23.7. The number of allylic oxidation sites excluding steroid dienone is 7. The standard InChI is InChI=1S/C94H72N4O4/c1-57-45-81(59(3)43-77(57)93-53-65-21-13-17-29-89(65)101-93)95(71-35-31-61(32-36-71)91-51-63-19-11-15-27-87(63)99-91)73-39-41-75-79-47-67-50-84-80(48-68(67)49-83(79)97(85(75)55-73)69-23-7-5-8-24-69)76-42-40-74(56-86(76)98(84)70-25-9-6-10-26-70)96(72-37-33-62(34-38-72)92-52-64-20-12-16-28-88(64)100-92)82-46-58(2)78(44-60(82)4)94-54-66-22-14-18-30-90(66)102-94/h5-13,15-21,23,25-54,56,60,69,73,82H,14,22,24,55H2,1-4H3. The number of furan rings is 4. The van der Waals surface area contributed by atoms with E-state index in [0.717, 1.165) is 149 Å². The van der Waals surface area contributed by atoms with Crippen molar-refractivity contribution in [3.8, 4) is 39.7 Å². The Morgan fingerprint density at radius 2 is 1.09 bits per heavy atom. The highest BCUT2D eigenvalue weighted by Crippen LogP contribution is 2.48. The SMILES string of the molecule is CC1=CC(N(c2ccc(-c3cc4ccccc4o3)cc2)c2ccc3c4cc5cc6c(cc5cc4n(-c4ccccc4)c3c2)c2c(n6C3C=CC=CC3)CC(N(c3ccc(-c4cc5ccccc5o4)cc3)c3cc(C)c(-c4cc5ccccc5o4)cc3C)C=C2)C(C)C=C1c1cc2c(o1)C=CCC2. The van der Waals surface area contributed by atoms with E-state index in [-0.39, 0.29) is 24.0 Å². The molecule has 16 aromatic rings. The molecule has 0 bridgehead atoms. The fourth-order valence-electron chi connectivity index (χ4n) is 17.0. The summed E-state index contributed by atoms with van der Waals surface area (Å²) in [6.07, 6.45) is 27.0. The van der Waals surface area contributed by atoms with Gasteiger partial charge in [-0.15, -0.1) is 0 Å². The van der Waals surface area contributed by atoms with Gasteiger partial charge in [0.1, 0.15) is 45.6 Å². The van der Waals surface area contributed by atoms with Crippen molar-refractivity contribution >= 4 is 117 Å².